The zero-order chi connectivity index (χ0) is 12.3. The highest BCUT2D eigenvalue weighted by Gasteiger charge is 2.58. The Balaban J connectivity index is 0.00000120. The Bertz CT molecular complexity index is 475. The van der Waals surface area contributed by atoms with Crippen LogP contribution < -0.4 is 5.32 Å². The lowest BCUT2D eigenvalue weighted by Gasteiger charge is -2.15. The van der Waals surface area contributed by atoms with E-state index in [0.717, 1.165) is 31.1 Å². The standard InChI is InChI=1S/C12H11ClF3N.ClH/c13-10-3-7(1-2-9(10)12(14,15)16)11-4-8(11)5-17-6-11;/h1-3,8,17H,4-6H2;1H. The molecule has 1 N–H and O–H groups in total. The molecule has 1 aliphatic heterocycles. The molecule has 2 unspecified atom stereocenters. The summed E-state index contributed by atoms with van der Waals surface area (Å²) in [6.07, 6.45) is -3.31. The van der Waals surface area contributed by atoms with E-state index in [2.05, 4.69) is 5.32 Å². The van der Waals surface area contributed by atoms with Crippen molar-refractivity contribution in [2.75, 3.05) is 13.1 Å². The lowest BCUT2D eigenvalue weighted by atomic mass is 9.94. The minimum Gasteiger partial charge on any atom is -0.316 e. The average molecular weight is 298 g/mol. The summed E-state index contributed by atoms with van der Waals surface area (Å²) < 4.78 is 37.7. The van der Waals surface area contributed by atoms with Crippen molar-refractivity contribution in [3.8, 4) is 0 Å². The molecule has 0 bridgehead atoms. The summed E-state index contributed by atoms with van der Waals surface area (Å²) in [4.78, 5) is 0. The molecule has 1 aliphatic carbocycles. The van der Waals surface area contributed by atoms with Crippen LogP contribution in [0.4, 0.5) is 13.2 Å². The first-order valence-corrected chi connectivity index (χ1v) is 5.89. The molecule has 3 rings (SSSR count). The van der Waals surface area contributed by atoms with Gasteiger partial charge in [0.05, 0.1) is 10.6 Å². The van der Waals surface area contributed by atoms with Crippen LogP contribution in [0.25, 0.3) is 0 Å². The van der Waals surface area contributed by atoms with Crippen LogP contribution in [0, 0.1) is 5.92 Å². The van der Waals surface area contributed by atoms with Gasteiger partial charge in [0, 0.05) is 12.0 Å². The monoisotopic (exact) mass is 297 g/mol. The lowest BCUT2D eigenvalue weighted by molar-refractivity contribution is -0.137. The molecule has 2 fully saturated rings. The number of benzene rings is 1. The summed E-state index contributed by atoms with van der Waals surface area (Å²) in [5, 5.41) is 3.07. The summed E-state index contributed by atoms with van der Waals surface area (Å²) in [5.41, 5.74) is 0.237. The molecule has 1 aromatic rings. The first-order valence-electron chi connectivity index (χ1n) is 5.51. The maximum Gasteiger partial charge on any atom is 0.417 e. The maximum atomic E-state index is 12.6. The first-order chi connectivity index (χ1) is 7.93. The topological polar surface area (TPSA) is 12.0 Å². The number of halogens is 5. The van der Waals surface area contributed by atoms with Crippen molar-refractivity contribution < 1.29 is 13.2 Å². The molecule has 0 spiro atoms. The Morgan fingerprint density at radius 1 is 1.33 bits per heavy atom. The molecule has 0 radical (unpaired) electrons. The molecule has 1 saturated carbocycles. The van der Waals surface area contributed by atoms with Gasteiger partial charge in [0.15, 0.2) is 0 Å². The van der Waals surface area contributed by atoms with Crippen LogP contribution in [-0.4, -0.2) is 13.1 Å². The minimum atomic E-state index is -4.37. The molecular weight excluding hydrogens is 286 g/mol. The predicted octanol–water partition coefficient (Wildman–Crippen LogP) is 3.64. The second kappa shape index (κ2) is 4.29. The van der Waals surface area contributed by atoms with Crippen LogP contribution in [0.5, 0.6) is 0 Å². The third-order valence-corrected chi connectivity index (χ3v) is 4.23. The van der Waals surface area contributed by atoms with Crippen molar-refractivity contribution in [1.29, 1.82) is 0 Å². The number of nitrogens with one attached hydrogen (secondary N) is 1. The largest absolute Gasteiger partial charge is 0.417 e. The van der Waals surface area contributed by atoms with E-state index >= 15 is 0 Å². The summed E-state index contributed by atoms with van der Waals surface area (Å²) in [6, 6.07) is 4.15. The molecule has 1 aromatic carbocycles. The molecule has 2 aliphatic rings. The second-order valence-electron chi connectivity index (χ2n) is 4.88. The Hall–Kier alpha value is -0.450. The molecule has 0 aromatic heterocycles. The highest BCUT2D eigenvalue weighted by molar-refractivity contribution is 6.31. The molecule has 1 nitrogen and oxygen atoms in total. The molecule has 0 amide bonds. The van der Waals surface area contributed by atoms with Crippen molar-refractivity contribution in [3.05, 3.63) is 34.3 Å². The second-order valence-corrected chi connectivity index (χ2v) is 5.29. The summed E-state index contributed by atoms with van der Waals surface area (Å²) in [7, 11) is 0. The van der Waals surface area contributed by atoms with Gasteiger partial charge in [0.25, 0.3) is 0 Å². The molecule has 1 heterocycles. The molecular formula is C12H12Cl2F3N. The minimum absolute atomic E-state index is 0. The average Bonchev–Trinajstić information content (AvgIpc) is 2.80. The summed E-state index contributed by atoms with van der Waals surface area (Å²) >= 11 is 5.73. The normalized spacial score (nSPS) is 29.7. The van der Waals surface area contributed by atoms with Gasteiger partial charge in [-0.15, -0.1) is 12.4 Å². The number of hydrogen-bond acceptors (Lipinski definition) is 1. The lowest BCUT2D eigenvalue weighted by Crippen LogP contribution is -2.19. The van der Waals surface area contributed by atoms with Gasteiger partial charge in [-0.3, -0.25) is 0 Å². The fraction of sp³-hybridized carbons (Fsp3) is 0.500. The number of fused-ring (bicyclic) bond motifs is 1. The Morgan fingerprint density at radius 3 is 2.50 bits per heavy atom. The van der Waals surface area contributed by atoms with E-state index < -0.39 is 11.7 Å². The quantitative estimate of drug-likeness (QED) is 0.834. The van der Waals surface area contributed by atoms with Crippen LogP contribution in [0.3, 0.4) is 0 Å². The SMILES string of the molecule is Cl.FC(F)(F)c1ccc(C23CNCC2C3)cc1Cl. The van der Waals surface area contributed by atoms with Gasteiger partial charge in [-0.1, -0.05) is 17.7 Å². The van der Waals surface area contributed by atoms with Gasteiger partial charge < -0.3 is 5.32 Å². The van der Waals surface area contributed by atoms with E-state index in [1.54, 1.807) is 6.07 Å². The fourth-order valence-electron chi connectivity index (χ4n) is 2.84. The highest BCUT2D eigenvalue weighted by atomic mass is 35.5. The number of alkyl halides is 3. The molecule has 1 saturated heterocycles. The van der Waals surface area contributed by atoms with Crippen molar-refractivity contribution in [2.45, 2.75) is 18.0 Å². The smallest absolute Gasteiger partial charge is 0.316 e. The van der Waals surface area contributed by atoms with E-state index in [4.69, 9.17) is 11.6 Å². The van der Waals surface area contributed by atoms with Crippen LogP contribution in [0.15, 0.2) is 18.2 Å². The zero-order valence-corrected chi connectivity index (χ0v) is 10.9. The van der Waals surface area contributed by atoms with Crippen molar-refractivity contribution >= 4 is 24.0 Å². The van der Waals surface area contributed by atoms with E-state index in [-0.39, 0.29) is 22.8 Å². The molecule has 18 heavy (non-hydrogen) atoms. The van der Waals surface area contributed by atoms with Crippen LogP contribution >= 0.6 is 24.0 Å². The zero-order valence-electron chi connectivity index (χ0n) is 9.35. The summed E-state index contributed by atoms with van der Waals surface area (Å²) in [5.74, 6) is 0.565. The van der Waals surface area contributed by atoms with Gasteiger partial charge in [-0.25, -0.2) is 0 Å². The first kappa shape index (κ1) is 14.0. The fourth-order valence-corrected chi connectivity index (χ4v) is 3.13. The third kappa shape index (κ3) is 2.00. The van der Waals surface area contributed by atoms with Crippen molar-refractivity contribution in [1.82, 2.24) is 5.32 Å². The Kier molecular flexibility index (Phi) is 3.33. The Labute approximate surface area is 114 Å². The van der Waals surface area contributed by atoms with E-state index in [1.165, 1.54) is 6.07 Å². The molecule has 100 valence electrons. The van der Waals surface area contributed by atoms with Gasteiger partial charge in [-0.05, 0) is 36.6 Å². The van der Waals surface area contributed by atoms with Crippen LogP contribution in [0.1, 0.15) is 17.5 Å². The number of rotatable bonds is 1. The highest BCUT2D eigenvalue weighted by Crippen LogP contribution is 2.57. The molecule has 6 heteroatoms. The van der Waals surface area contributed by atoms with Crippen molar-refractivity contribution in [2.24, 2.45) is 5.92 Å². The van der Waals surface area contributed by atoms with Gasteiger partial charge in [0.2, 0.25) is 0 Å². The predicted molar refractivity (Wildman–Crippen MR) is 66.4 cm³/mol. The maximum absolute atomic E-state index is 12.6. The van der Waals surface area contributed by atoms with Crippen molar-refractivity contribution in [3.63, 3.8) is 0 Å². The van der Waals surface area contributed by atoms with Crippen LogP contribution in [-0.2, 0) is 11.6 Å². The van der Waals surface area contributed by atoms with E-state index in [1.807, 2.05) is 0 Å². The van der Waals surface area contributed by atoms with Gasteiger partial charge in [-0.2, -0.15) is 13.2 Å². The summed E-state index contributed by atoms with van der Waals surface area (Å²) in [6.45, 7) is 1.80. The third-order valence-electron chi connectivity index (χ3n) is 3.91. The number of hydrogen-bond donors (Lipinski definition) is 1. The van der Waals surface area contributed by atoms with Gasteiger partial charge >= 0.3 is 6.18 Å². The number of piperidine rings is 1. The molecule has 2 atom stereocenters. The van der Waals surface area contributed by atoms with Gasteiger partial charge in [0.1, 0.15) is 0 Å². The van der Waals surface area contributed by atoms with E-state index in [0.29, 0.717) is 5.92 Å². The van der Waals surface area contributed by atoms with Crippen LogP contribution in [0.2, 0.25) is 5.02 Å². The Morgan fingerprint density at radius 2 is 2.06 bits per heavy atom. The van der Waals surface area contributed by atoms with E-state index in [9.17, 15) is 13.2 Å².